The van der Waals surface area contributed by atoms with Crippen LogP contribution in [-0.4, -0.2) is 70.3 Å². The van der Waals surface area contributed by atoms with E-state index in [1.165, 1.54) is 0 Å². The quantitative estimate of drug-likeness (QED) is 0.295. The fourth-order valence-corrected chi connectivity index (χ4v) is 11.7. The standard InChI is InChI=1S/C26H40O9Si2/c1-13-18(27)30-16-12-23-15-11-14(22(2,3)4)24(23)17(34-36(5,6)7)19(28)32-21(24)33-26(23,20(29)31-15)25(13,16)35-37(8,9)10/h13-17,21H,11-12H2,1-10H3/t13-,14?,15+,16+,17?,21?,23?,24?,25-,26?/m1/s1. The van der Waals surface area contributed by atoms with Crippen molar-refractivity contribution >= 4 is 34.5 Å². The number of ether oxygens (including phenoxy) is 4. The predicted molar refractivity (Wildman–Crippen MR) is 135 cm³/mol. The minimum absolute atomic E-state index is 0.119. The monoisotopic (exact) mass is 552 g/mol. The number of carbonyl (C=O) groups is 3. The van der Waals surface area contributed by atoms with Crippen molar-refractivity contribution in [2.24, 2.45) is 28.1 Å². The van der Waals surface area contributed by atoms with E-state index in [1.54, 1.807) is 6.92 Å². The maximum absolute atomic E-state index is 14.2. The summed E-state index contributed by atoms with van der Waals surface area (Å²) in [6, 6.07) is 0. The second-order valence-electron chi connectivity index (χ2n) is 15.0. The average molecular weight is 553 g/mol. The first kappa shape index (κ1) is 26.0. The van der Waals surface area contributed by atoms with Crippen molar-refractivity contribution in [3.05, 3.63) is 0 Å². The van der Waals surface area contributed by atoms with Crippen LogP contribution in [0, 0.1) is 28.1 Å². The third-order valence-electron chi connectivity index (χ3n) is 9.84. The molecule has 10 atom stereocenters. The molecule has 37 heavy (non-hydrogen) atoms. The van der Waals surface area contributed by atoms with Crippen LogP contribution in [0.5, 0.6) is 0 Å². The van der Waals surface area contributed by atoms with Gasteiger partial charge in [-0.3, -0.25) is 4.79 Å². The van der Waals surface area contributed by atoms with Gasteiger partial charge in [-0.15, -0.1) is 0 Å². The predicted octanol–water partition coefficient (Wildman–Crippen LogP) is 3.38. The third kappa shape index (κ3) is 2.64. The second kappa shape index (κ2) is 6.89. The minimum Gasteiger partial charge on any atom is -0.459 e. The van der Waals surface area contributed by atoms with Crippen LogP contribution >= 0.6 is 0 Å². The Bertz CT molecular complexity index is 1100. The molecule has 4 heterocycles. The second-order valence-corrected chi connectivity index (χ2v) is 23.9. The lowest BCUT2D eigenvalue weighted by Gasteiger charge is -2.49. The zero-order valence-corrected chi connectivity index (χ0v) is 25.6. The molecule has 2 aliphatic carbocycles. The average Bonchev–Trinajstić information content (AvgIpc) is 3.41. The van der Waals surface area contributed by atoms with Gasteiger partial charge in [0.15, 0.2) is 22.7 Å². The number of hydrogen-bond donors (Lipinski definition) is 0. The third-order valence-corrected chi connectivity index (χ3v) is 11.7. The molecular formula is C26H40O9Si2. The van der Waals surface area contributed by atoms with Gasteiger partial charge in [0.2, 0.25) is 11.9 Å². The van der Waals surface area contributed by atoms with Gasteiger partial charge < -0.3 is 27.8 Å². The van der Waals surface area contributed by atoms with Crippen molar-refractivity contribution in [1.29, 1.82) is 0 Å². The van der Waals surface area contributed by atoms with E-state index in [0.717, 1.165) is 0 Å². The topological polar surface area (TPSA) is 107 Å². The van der Waals surface area contributed by atoms with Gasteiger partial charge in [0.05, 0.1) is 16.7 Å². The fraction of sp³-hybridized carbons (Fsp3) is 0.885. The van der Waals surface area contributed by atoms with Crippen LogP contribution in [0.2, 0.25) is 39.3 Å². The normalized spacial score (nSPS) is 49.9. The van der Waals surface area contributed by atoms with Gasteiger partial charge in [-0.2, -0.15) is 0 Å². The Kier molecular flexibility index (Phi) is 4.83. The van der Waals surface area contributed by atoms with Crippen LogP contribution in [0.1, 0.15) is 40.5 Å². The van der Waals surface area contributed by atoms with Gasteiger partial charge in [-0.05, 0) is 64.0 Å². The van der Waals surface area contributed by atoms with Crippen molar-refractivity contribution in [3.63, 3.8) is 0 Å². The molecule has 0 bridgehead atoms. The van der Waals surface area contributed by atoms with Gasteiger partial charge in [0.1, 0.15) is 17.8 Å². The molecule has 206 valence electrons. The van der Waals surface area contributed by atoms with Crippen molar-refractivity contribution in [2.75, 3.05) is 0 Å². The molecule has 0 radical (unpaired) electrons. The summed E-state index contributed by atoms with van der Waals surface area (Å²) in [5, 5.41) is 0. The van der Waals surface area contributed by atoms with E-state index in [0.29, 0.717) is 12.8 Å². The minimum atomic E-state index is -2.38. The Hall–Kier alpha value is -1.28. The largest absolute Gasteiger partial charge is 0.459 e. The Balaban J connectivity index is 1.68. The SMILES string of the molecule is C[C@@H]1C(=O)O[C@H]2CC34[C@@H]5CC(C(C)(C)C)C36C(OC(=O)C6O[Si](C)(C)C)OC4(C(=O)O5)[C@]21O[Si](C)(C)C. The highest BCUT2D eigenvalue weighted by atomic mass is 28.4. The van der Waals surface area contributed by atoms with Crippen LogP contribution in [0.15, 0.2) is 0 Å². The van der Waals surface area contributed by atoms with E-state index in [1.807, 2.05) is 39.3 Å². The lowest BCUT2D eigenvalue weighted by Crippen LogP contribution is -2.69. The van der Waals surface area contributed by atoms with Crippen LogP contribution in [0.3, 0.4) is 0 Å². The summed E-state index contributed by atoms with van der Waals surface area (Å²) >= 11 is 0. The summed E-state index contributed by atoms with van der Waals surface area (Å²) in [6.45, 7) is 20.4. The molecule has 9 nitrogen and oxygen atoms in total. The summed E-state index contributed by atoms with van der Waals surface area (Å²) in [4.78, 5) is 40.9. The Morgan fingerprint density at radius 3 is 2.11 bits per heavy atom. The van der Waals surface area contributed by atoms with Crippen molar-refractivity contribution in [3.8, 4) is 0 Å². The molecule has 2 spiro atoms. The molecule has 0 aromatic heterocycles. The van der Waals surface area contributed by atoms with Gasteiger partial charge in [-0.1, -0.05) is 20.8 Å². The molecule has 0 N–H and O–H groups in total. The number of fused-ring (bicyclic) bond motifs is 1. The Labute approximate surface area is 220 Å². The zero-order valence-electron chi connectivity index (χ0n) is 23.6. The maximum Gasteiger partial charge on any atom is 0.342 e. The van der Waals surface area contributed by atoms with Gasteiger partial charge >= 0.3 is 17.9 Å². The van der Waals surface area contributed by atoms with Crippen molar-refractivity contribution in [2.45, 2.75) is 116 Å². The van der Waals surface area contributed by atoms with Crippen molar-refractivity contribution in [1.82, 2.24) is 0 Å². The van der Waals surface area contributed by atoms with Crippen LogP contribution < -0.4 is 0 Å². The molecule has 6 aliphatic rings. The van der Waals surface area contributed by atoms with Gasteiger partial charge in [0, 0.05) is 6.42 Å². The molecule has 6 fully saturated rings. The first-order valence-corrected chi connectivity index (χ1v) is 20.3. The number of carbonyl (C=O) groups excluding carboxylic acids is 3. The van der Waals surface area contributed by atoms with Gasteiger partial charge in [0.25, 0.3) is 0 Å². The number of rotatable bonds is 4. The smallest absolute Gasteiger partial charge is 0.342 e. The van der Waals surface area contributed by atoms with E-state index in [9.17, 15) is 14.4 Å². The van der Waals surface area contributed by atoms with E-state index in [-0.39, 0.29) is 11.3 Å². The van der Waals surface area contributed by atoms with Crippen LogP contribution in [0.25, 0.3) is 0 Å². The van der Waals surface area contributed by atoms with E-state index < -0.39 is 87.1 Å². The summed E-state index contributed by atoms with van der Waals surface area (Å²) < 4.78 is 38.8. The molecule has 0 aromatic carbocycles. The molecule has 6 rings (SSSR count). The van der Waals surface area contributed by atoms with Crippen LogP contribution in [-0.2, 0) is 42.2 Å². The Morgan fingerprint density at radius 2 is 1.54 bits per heavy atom. The summed E-state index contributed by atoms with van der Waals surface area (Å²) in [5.41, 5.74) is -5.31. The fourth-order valence-electron chi connectivity index (χ4n) is 9.24. The van der Waals surface area contributed by atoms with Crippen LogP contribution in [0.4, 0.5) is 0 Å². The summed E-state index contributed by atoms with van der Waals surface area (Å²) in [6.07, 6.45) is -2.29. The summed E-state index contributed by atoms with van der Waals surface area (Å²) in [7, 11) is -4.65. The molecule has 4 saturated heterocycles. The van der Waals surface area contributed by atoms with E-state index in [2.05, 4.69) is 20.8 Å². The highest BCUT2D eigenvalue weighted by Gasteiger charge is 3.01. The molecule has 0 amide bonds. The highest BCUT2D eigenvalue weighted by molar-refractivity contribution is 6.70. The molecule has 0 aromatic rings. The van der Waals surface area contributed by atoms with Gasteiger partial charge in [-0.25, -0.2) is 9.59 Å². The maximum atomic E-state index is 14.2. The lowest BCUT2D eigenvalue weighted by atomic mass is 9.51. The van der Waals surface area contributed by atoms with E-state index in [4.69, 9.17) is 27.8 Å². The summed E-state index contributed by atoms with van der Waals surface area (Å²) in [5.74, 6) is -2.27. The molecule has 6 unspecified atom stereocenters. The zero-order chi connectivity index (χ0) is 27.4. The molecular weight excluding hydrogens is 512 g/mol. The number of hydrogen-bond acceptors (Lipinski definition) is 9. The molecule has 2 saturated carbocycles. The molecule has 4 aliphatic heterocycles. The molecule has 11 heteroatoms. The first-order chi connectivity index (χ1) is 16.8. The first-order valence-electron chi connectivity index (χ1n) is 13.5. The highest BCUT2D eigenvalue weighted by Crippen LogP contribution is 2.85. The van der Waals surface area contributed by atoms with Crippen molar-refractivity contribution < 1.29 is 42.2 Å². The lowest BCUT2D eigenvalue weighted by molar-refractivity contribution is -0.234. The van der Waals surface area contributed by atoms with E-state index >= 15 is 0 Å². The Morgan fingerprint density at radius 1 is 0.892 bits per heavy atom. The number of esters is 3.